The number of benzene rings is 3. The minimum atomic E-state index is -4.97. The first-order valence-corrected chi connectivity index (χ1v) is 25.5. The van der Waals surface area contributed by atoms with Gasteiger partial charge in [0.1, 0.15) is 74.3 Å². The van der Waals surface area contributed by atoms with Gasteiger partial charge in [0, 0.05) is 76.3 Å². The van der Waals surface area contributed by atoms with Crippen molar-refractivity contribution in [2.24, 2.45) is 0 Å². The number of aryl methyl sites for hydroxylation is 1. The lowest BCUT2D eigenvalue weighted by Gasteiger charge is -2.32. The molecule has 3 unspecified atom stereocenters. The highest BCUT2D eigenvalue weighted by Gasteiger charge is 2.39. The van der Waals surface area contributed by atoms with Crippen molar-refractivity contribution in [1.29, 1.82) is 0 Å². The molecule has 27 heteroatoms. The quantitative estimate of drug-likeness (QED) is 0.0739. The van der Waals surface area contributed by atoms with Crippen molar-refractivity contribution < 1.29 is 68.1 Å². The number of hydrogen-bond donors (Lipinski definition) is 6. The molecule has 0 radical (unpaired) electrons. The first-order chi connectivity index (χ1) is 40.9. The molecular formula is C59H36F9N9O9. The summed E-state index contributed by atoms with van der Waals surface area (Å²) in [4.78, 5) is 99.5. The van der Waals surface area contributed by atoms with Gasteiger partial charge < -0.3 is 45.1 Å². The van der Waals surface area contributed by atoms with E-state index in [1.807, 2.05) is 0 Å². The van der Waals surface area contributed by atoms with Gasteiger partial charge in [-0.05, 0) is 90.3 Å². The average Bonchev–Trinajstić information content (AvgIpc) is 1.62. The van der Waals surface area contributed by atoms with Gasteiger partial charge in [-0.2, -0.15) is 39.5 Å². The molecule has 0 fully saturated rings. The van der Waals surface area contributed by atoms with Crippen LogP contribution < -0.4 is 46.8 Å². The van der Waals surface area contributed by atoms with Gasteiger partial charge >= 0.3 is 18.5 Å². The number of H-pyrrole nitrogens is 3. The third kappa shape index (κ3) is 10.3. The lowest BCUT2D eigenvalue weighted by atomic mass is 9.86. The maximum absolute atomic E-state index is 14.3. The fourth-order valence-electron chi connectivity index (χ4n) is 10.4. The number of rotatable bonds is 9. The molecule has 0 saturated carbocycles. The average molecular weight is 1190 g/mol. The maximum atomic E-state index is 14.3. The molecule has 3 aliphatic heterocycles. The summed E-state index contributed by atoms with van der Waals surface area (Å²) in [6.07, 6.45) is -9.21. The first-order valence-electron chi connectivity index (χ1n) is 25.5. The van der Waals surface area contributed by atoms with Crippen LogP contribution in [0.15, 0.2) is 148 Å². The number of fused-ring (bicyclic) bond motifs is 6. The Morgan fingerprint density at radius 2 is 1.02 bits per heavy atom. The molecule has 0 bridgehead atoms. The first kappa shape index (κ1) is 55.7. The van der Waals surface area contributed by atoms with Crippen molar-refractivity contribution in [3.8, 4) is 45.6 Å². The van der Waals surface area contributed by atoms with Crippen LogP contribution in [0.25, 0.3) is 11.1 Å². The molecule has 3 aromatic carbocycles. The molecule has 86 heavy (non-hydrogen) atoms. The van der Waals surface area contributed by atoms with Crippen molar-refractivity contribution in [3.63, 3.8) is 0 Å². The highest BCUT2D eigenvalue weighted by atomic mass is 19.4. The van der Waals surface area contributed by atoms with E-state index in [0.717, 1.165) is 18.2 Å². The number of halogens is 9. The second-order valence-corrected chi connectivity index (χ2v) is 19.9. The fraction of sp³-hybridized carbons (Fsp3) is 0.136. The predicted molar refractivity (Wildman–Crippen MR) is 283 cm³/mol. The topological polar surface area (TPSA) is 252 Å². The summed E-state index contributed by atoms with van der Waals surface area (Å²) < 4.78 is 141. The molecule has 6 aromatic heterocycles. The number of hydrogen-bond acceptors (Lipinski definition) is 12. The van der Waals surface area contributed by atoms with E-state index in [0.29, 0.717) is 62.8 Å². The Bertz CT molecular complexity index is 4520. The zero-order valence-corrected chi connectivity index (χ0v) is 43.6. The number of carbonyl (C=O) groups excluding carboxylic acids is 3. The number of para-hydroxylation sites is 1. The van der Waals surface area contributed by atoms with Gasteiger partial charge in [-0.25, -0.2) is 0 Å². The molecule has 434 valence electrons. The van der Waals surface area contributed by atoms with E-state index in [4.69, 9.17) is 24.2 Å². The summed E-state index contributed by atoms with van der Waals surface area (Å²) in [6.45, 7) is 1.72. The molecule has 0 aliphatic carbocycles. The van der Waals surface area contributed by atoms with Gasteiger partial charge in [0.15, 0.2) is 5.75 Å². The van der Waals surface area contributed by atoms with Crippen LogP contribution in [-0.2, 0) is 24.9 Å². The van der Waals surface area contributed by atoms with Crippen LogP contribution in [0, 0.1) is 6.92 Å². The summed E-state index contributed by atoms with van der Waals surface area (Å²) in [5.41, 5.74) is -6.52. The van der Waals surface area contributed by atoms with E-state index in [1.165, 1.54) is 36.9 Å². The Morgan fingerprint density at radius 3 is 1.62 bits per heavy atom. The lowest BCUT2D eigenvalue weighted by molar-refractivity contribution is -0.142. The van der Waals surface area contributed by atoms with Crippen LogP contribution >= 0.6 is 0 Å². The third-order valence-corrected chi connectivity index (χ3v) is 14.3. The van der Waals surface area contributed by atoms with Crippen LogP contribution in [0.4, 0.5) is 39.5 Å². The van der Waals surface area contributed by atoms with E-state index in [1.54, 1.807) is 82.5 Å². The molecule has 18 nitrogen and oxygen atoms in total. The standard InChI is InChI=1S/C59H36F9N9O9/c1-25-17-33(27-20-41-50(71-22-27)49(29-6-2-3-7-36(29)85-41)77-56(83)32-11-14-44(59(66,67)68)74-53(32)80)46-40(18-25)86-39-21-28(70-24-35(39)48(46)76-55(82)31-10-13-43(58(63,64)65)73-52(31)79)19-26-5-4-8-38-45(26)47(34-23-69-16-15-37(34)84-38)75-54(81)30-9-12-42(57(60,61)62)72-51(30)78/h2-18,20-24,47-49H,19H2,1H3,(H,72,78)(H,73,79)(H,74,80)(H,75,81)(H,76,82)(H,77,83). The summed E-state index contributed by atoms with van der Waals surface area (Å²) in [5.74, 6) is -2.16. The van der Waals surface area contributed by atoms with Gasteiger partial charge in [0.05, 0.1) is 12.1 Å². The van der Waals surface area contributed by atoms with Gasteiger partial charge in [-0.1, -0.05) is 36.4 Å². The Hall–Kier alpha value is -10.9. The van der Waals surface area contributed by atoms with Gasteiger partial charge in [0.25, 0.3) is 34.4 Å². The fourth-order valence-corrected chi connectivity index (χ4v) is 10.4. The summed E-state index contributed by atoms with van der Waals surface area (Å²) >= 11 is 0. The molecule has 12 rings (SSSR count). The van der Waals surface area contributed by atoms with E-state index < -0.39 is 105 Å². The van der Waals surface area contributed by atoms with Crippen LogP contribution in [0.3, 0.4) is 0 Å². The highest BCUT2D eigenvalue weighted by molar-refractivity contribution is 5.96. The Balaban J connectivity index is 0.920. The number of aromatic nitrogens is 6. The second kappa shape index (κ2) is 20.8. The number of nitrogens with one attached hydrogen (secondary N) is 6. The molecule has 6 N–H and O–H groups in total. The Labute approximate surface area is 475 Å². The summed E-state index contributed by atoms with van der Waals surface area (Å²) in [6, 6.07) is 19.7. The normalized spacial score (nSPS) is 15.6. The van der Waals surface area contributed by atoms with Crippen molar-refractivity contribution in [3.05, 3.63) is 249 Å². The minimum Gasteiger partial charge on any atom is -0.456 e. The molecule has 9 heterocycles. The Kier molecular flexibility index (Phi) is 13.5. The second-order valence-electron chi connectivity index (χ2n) is 19.9. The van der Waals surface area contributed by atoms with E-state index >= 15 is 0 Å². The highest BCUT2D eigenvalue weighted by Crippen LogP contribution is 2.51. The maximum Gasteiger partial charge on any atom is 0.431 e. The monoisotopic (exact) mass is 1190 g/mol. The molecule has 9 aromatic rings. The van der Waals surface area contributed by atoms with Crippen LogP contribution in [0.1, 0.15) is 117 Å². The lowest BCUT2D eigenvalue weighted by Crippen LogP contribution is -2.36. The number of pyridine rings is 6. The van der Waals surface area contributed by atoms with Crippen molar-refractivity contribution in [2.75, 3.05) is 0 Å². The summed E-state index contributed by atoms with van der Waals surface area (Å²) in [7, 11) is 0. The molecule has 3 amide bonds. The van der Waals surface area contributed by atoms with Gasteiger partial charge in [-0.15, -0.1) is 0 Å². The molecule has 0 saturated heterocycles. The van der Waals surface area contributed by atoms with E-state index in [9.17, 15) is 68.3 Å². The zero-order valence-electron chi connectivity index (χ0n) is 43.6. The molecule has 0 spiro atoms. The van der Waals surface area contributed by atoms with Gasteiger partial charge in [-0.3, -0.25) is 43.7 Å². The number of carbonyl (C=O) groups is 3. The number of nitrogens with zero attached hydrogens (tertiary/aromatic N) is 3. The predicted octanol–water partition coefficient (Wildman–Crippen LogP) is 10.4. The SMILES string of the molecule is Cc1cc2c(c(-c3cnc4c(c3)Oc3ccccc3C4NC(=O)c3ccc(C(F)(F)F)[nH]c3=O)c1)C(NC(=O)c1ccc(C(F)(F)F)[nH]c1=O)c1cnc(Cc3cccc4c3C(NC(=O)c3ccc(C(F)(F)F)[nH]c3=O)c3cnccc3O4)cc1O2. The van der Waals surface area contributed by atoms with Crippen LogP contribution in [-0.4, -0.2) is 47.6 Å². The van der Waals surface area contributed by atoms with Crippen molar-refractivity contribution >= 4 is 17.7 Å². The van der Waals surface area contributed by atoms with Crippen LogP contribution in [0.5, 0.6) is 34.5 Å². The van der Waals surface area contributed by atoms with E-state index in [2.05, 4.69) is 20.9 Å². The Morgan fingerprint density at radius 1 is 0.500 bits per heavy atom. The molecule has 3 aliphatic rings. The number of amides is 3. The molecular weight excluding hydrogens is 1150 g/mol. The zero-order chi connectivity index (χ0) is 60.7. The van der Waals surface area contributed by atoms with Crippen molar-refractivity contribution in [2.45, 2.75) is 50.0 Å². The van der Waals surface area contributed by atoms with Gasteiger partial charge in [0.2, 0.25) is 0 Å². The largest absolute Gasteiger partial charge is 0.456 e. The smallest absolute Gasteiger partial charge is 0.431 e. The van der Waals surface area contributed by atoms with E-state index in [-0.39, 0.29) is 57.7 Å². The van der Waals surface area contributed by atoms with Crippen molar-refractivity contribution in [1.82, 2.24) is 45.9 Å². The minimum absolute atomic E-state index is 0.0396. The number of aromatic amines is 3. The van der Waals surface area contributed by atoms with Crippen LogP contribution in [0.2, 0.25) is 0 Å². The third-order valence-electron chi connectivity index (χ3n) is 14.3. The summed E-state index contributed by atoms with van der Waals surface area (Å²) in [5, 5.41) is 8.23. The molecule has 3 atom stereocenters. The number of ether oxygens (including phenoxy) is 3. The number of alkyl halides is 9.